The number of rotatable bonds is 5. The second-order valence-electron chi connectivity index (χ2n) is 4.16. The molecular weight excluding hydrogens is 244 g/mol. The molecule has 0 N–H and O–H groups in total. The van der Waals surface area contributed by atoms with Crippen LogP contribution in [0.3, 0.4) is 0 Å². The predicted molar refractivity (Wildman–Crippen MR) is 71.9 cm³/mol. The third-order valence-corrected chi connectivity index (χ3v) is 2.84. The second kappa shape index (κ2) is 7.36. The monoisotopic (exact) mass is 262 g/mol. The summed E-state index contributed by atoms with van der Waals surface area (Å²) in [6.07, 6.45) is 3.12. The maximum absolute atomic E-state index is 11.4. The Morgan fingerprint density at radius 1 is 1.16 bits per heavy atom. The van der Waals surface area contributed by atoms with Gasteiger partial charge >= 0.3 is 11.9 Å². The van der Waals surface area contributed by atoms with E-state index in [4.69, 9.17) is 4.74 Å². The summed E-state index contributed by atoms with van der Waals surface area (Å²) in [6, 6.07) is 7.35. The summed E-state index contributed by atoms with van der Waals surface area (Å²) in [6.45, 7) is 4.26. The molecular formula is C15H18O4. The zero-order chi connectivity index (χ0) is 14.3. The minimum Gasteiger partial charge on any atom is -0.466 e. The first-order valence-electron chi connectivity index (χ1n) is 6.14. The van der Waals surface area contributed by atoms with E-state index in [0.29, 0.717) is 11.7 Å². The van der Waals surface area contributed by atoms with E-state index < -0.39 is 11.9 Å². The van der Waals surface area contributed by atoms with E-state index in [-0.39, 0.29) is 0 Å². The van der Waals surface area contributed by atoms with Crippen molar-refractivity contribution in [1.29, 1.82) is 0 Å². The molecule has 4 nitrogen and oxygen atoms in total. The van der Waals surface area contributed by atoms with Gasteiger partial charge in [-0.05, 0) is 30.0 Å². The van der Waals surface area contributed by atoms with Crippen molar-refractivity contribution in [3.05, 3.63) is 42.0 Å². The van der Waals surface area contributed by atoms with Gasteiger partial charge in [0.05, 0.1) is 7.11 Å². The van der Waals surface area contributed by atoms with Gasteiger partial charge < -0.3 is 9.47 Å². The Labute approximate surface area is 113 Å². The molecule has 0 bridgehead atoms. The molecule has 0 aliphatic carbocycles. The molecule has 0 radical (unpaired) electrons. The standard InChI is InChI=1S/C15H18O4/c1-4-11(2)12-5-7-13(8-6-12)19-15(17)10-9-14(16)18-3/h5-11H,4H2,1-3H3/b10-9+. The molecule has 0 fully saturated rings. The van der Waals surface area contributed by atoms with Crippen LogP contribution in [-0.2, 0) is 14.3 Å². The number of methoxy groups -OCH3 is 1. The van der Waals surface area contributed by atoms with Gasteiger partial charge in [0.1, 0.15) is 5.75 Å². The molecule has 1 aromatic carbocycles. The van der Waals surface area contributed by atoms with Gasteiger partial charge in [0.2, 0.25) is 0 Å². The van der Waals surface area contributed by atoms with Gasteiger partial charge in [-0.1, -0.05) is 26.0 Å². The molecule has 0 spiro atoms. The van der Waals surface area contributed by atoms with Gasteiger partial charge in [0.15, 0.2) is 0 Å². The summed E-state index contributed by atoms with van der Waals surface area (Å²) < 4.78 is 9.42. The first-order chi connectivity index (χ1) is 9.06. The lowest BCUT2D eigenvalue weighted by atomic mass is 9.99. The third-order valence-electron chi connectivity index (χ3n) is 2.84. The maximum Gasteiger partial charge on any atom is 0.336 e. The normalized spacial score (nSPS) is 12.2. The van der Waals surface area contributed by atoms with Crippen LogP contribution in [0.25, 0.3) is 0 Å². The molecule has 19 heavy (non-hydrogen) atoms. The Kier molecular flexibility index (Phi) is 5.79. The fourth-order valence-corrected chi connectivity index (χ4v) is 1.45. The van der Waals surface area contributed by atoms with Gasteiger partial charge in [-0.15, -0.1) is 0 Å². The SMILES string of the molecule is CCC(C)c1ccc(OC(=O)/C=C/C(=O)OC)cc1. The number of ether oxygens (including phenoxy) is 2. The molecule has 1 rings (SSSR count). The molecule has 0 saturated heterocycles. The van der Waals surface area contributed by atoms with Crippen LogP contribution in [-0.4, -0.2) is 19.0 Å². The van der Waals surface area contributed by atoms with Crippen LogP contribution >= 0.6 is 0 Å². The van der Waals surface area contributed by atoms with Gasteiger partial charge in [0.25, 0.3) is 0 Å². The van der Waals surface area contributed by atoms with E-state index >= 15 is 0 Å². The third kappa shape index (κ3) is 4.95. The summed E-state index contributed by atoms with van der Waals surface area (Å²) in [5.74, 6) is -0.277. The molecule has 1 atom stereocenters. The summed E-state index contributed by atoms with van der Waals surface area (Å²) in [7, 11) is 1.24. The lowest BCUT2D eigenvalue weighted by molar-refractivity contribution is -0.135. The molecule has 0 saturated carbocycles. The van der Waals surface area contributed by atoms with Crippen LogP contribution in [0.2, 0.25) is 0 Å². The molecule has 0 aliphatic rings. The number of carbonyl (C=O) groups excluding carboxylic acids is 2. The first kappa shape index (κ1) is 15.0. The molecule has 0 amide bonds. The van der Waals surface area contributed by atoms with E-state index in [2.05, 4.69) is 18.6 Å². The second-order valence-corrected chi connectivity index (χ2v) is 4.16. The number of hydrogen-bond donors (Lipinski definition) is 0. The van der Waals surface area contributed by atoms with Crippen molar-refractivity contribution >= 4 is 11.9 Å². The molecule has 4 heteroatoms. The lowest BCUT2D eigenvalue weighted by Crippen LogP contribution is -2.05. The highest BCUT2D eigenvalue weighted by molar-refractivity contribution is 5.92. The molecule has 0 heterocycles. The zero-order valence-corrected chi connectivity index (χ0v) is 11.4. The Bertz CT molecular complexity index is 460. The van der Waals surface area contributed by atoms with Crippen LogP contribution in [0, 0.1) is 0 Å². The van der Waals surface area contributed by atoms with Crippen LogP contribution in [0.4, 0.5) is 0 Å². The number of carbonyl (C=O) groups is 2. The largest absolute Gasteiger partial charge is 0.466 e. The van der Waals surface area contributed by atoms with Crippen molar-refractivity contribution in [3.8, 4) is 5.75 Å². The van der Waals surface area contributed by atoms with E-state index in [1.165, 1.54) is 12.7 Å². The summed E-state index contributed by atoms with van der Waals surface area (Å²) >= 11 is 0. The van der Waals surface area contributed by atoms with E-state index in [1.807, 2.05) is 12.1 Å². The molecule has 0 aliphatic heterocycles. The molecule has 1 unspecified atom stereocenters. The summed E-state index contributed by atoms with van der Waals surface area (Å²) in [5, 5.41) is 0. The van der Waals surface area contributed by atoms with E-state index in [1.54, 1.807) is 12.1 Å². The quantitative estimate of drug-likeness (QED) is 0.465. The summed E-state index contributed by atoms with van der Waals surface area (Å²) in [5.41, 5.74) is 1.20. The van der Waals surface area contributed by atoms with Crippen molar-refractivity contribution in [1.82, 2.24) is 0 Å². The van der Waals surface area contributed by atoms with Crippen LogP contribution < -0.4 is 4.74 Å². The summed E-state index contributed by atoms with van der Waals surface area (Å²) in [4.78, 5) is 22.2. The lowest BCUT2D eigenvalue weighted by Gasteiger charge is -2.09. The number of hydrogen-bond acceptors (Lipinski definition) is 4. The van der Waals surface area contributed by atoms with Crippen LogP contribution in [0.5, 0.6) is 5.75 Å². The van der Waals surface area contributed by atoms with E-state index in [0.717, 1.165) is 18.6 Å². The van der Waals surface area contributed by atoms with Crippen LogP contribution in [0.1, 0.15) is 31.7 Å². The zero-order valence-electron chi connectivity index (χ0n) is 11.4. The van der Waals surface area contributed by atoms with Gasteiger partial charge in [-0.2, -0.15) is 0 Å². The Hall–Kier alpha value is -2.10. The fourth-order valence-electron chi connectivity index (χ4n) is 1.45. The van der Waals surface area contributed by atoms with Gasteiger partial charge in [-0.25, -0.2) is 9.59 Å². The Morgan fingerprint density at radius 3 is 2.26 bits per heavy atom. The van der Waals surface area contributed by atoms with Crippen molar-refractivity contribution in [2.75, 3.05) is 7.11 Å². The van der Waals surface area contributed by atoms with Crippen molar-refractivity contribution in [2.45, 2.75) is 26.2 Å². The van der Waals surface area contributed by atoms with Gasteiger partial charge in [0, 0.05) is 12.2 Å². The Morgan fingerprint density at radius 2 is 1.74 bits per heavy atom. The molecule has 1 aromatic rings. The van der Waals surface area contributed by atoms with Crippen molar-refractivity contribution in [3.63, 3.8) is 0 Å². The highest BCUT2D eigenvalue weighted by Gasteiger charge is 2.05. The van der Waals surface area contributed by atoms with Crippen molar-refractivity contribution < 1.29 is 19.1 Å². The highest BCUT2D eigenvalue weighted by Crippen LogP contribution is 2.21. The topological polar surface area (TPSA) is 52.6 Å². The first-order valence-corrected chi connectivity index (χ1v) is 6.14. The van der Waals surface area contributed by atoms with Gasteiger partial charge in [-0.3, -0.25) is 0 Å². The Balaban J connectivity index is 2.60. The minimum atomic E-state index is -0.610. The van der Waals surface area contributed by atoms with E-state index in [9.17, 15) is 9.59 Å². The van der Waals surface area contributed by atoms with Crippen molar-refractivity contribution in [2.24, 2.45) is 0 Å². The highest BCUT2D eigenvalue weighted by atomic mass is 16.5. The predicted octanol–water partition coefficient (Wildman–Crippen LogP) is 2.83. The molecule has 0 aromatic heterocycles. The average Bonchev–Trinajstić information content (AvgIpc) is 2.44. The average molecular weight is 262 g/mol. The maximum atomic E-state index is 11.4. The smallest absolute Gasteiger partial charge is 0.336 e. The fraction of sp³-hybridized carbons (Fsp3) is 0.333. The molecule has 102 valence electrons. The van der Waals surface area contributed by atoms with Crippen LogP contribution in [0.15, 0.2) is 36.4 Å². The number of esters is 2. The number of benzene rings is 1. The minimum absolute atomic E-state index is 0.451.